The number of phosphoric acid groups is 2. The standard InChI is InChI=1S/C85H148O16P2/c1-4-7-10-13-16-19-22-25-28-30-31-32-33-34-35-36-37-38-39-40-41-42-43-44-45-46-47-49-52-53-56-59-62-65-68-71-83(88)95-74-80(86)75-97-102(91,92)98-76-81(87)77-99-103(93,94)100-79-82(101-85(90)73-70-67-64-61-58-55-50-27-24-21-18-15-12-9-6-3)78-96-84(89)72-69-66-63-60-57-54-51-48-29-26-23-20-17-14-11-8-5-2/h7-8,10-11,16-17,19-20,25-26,28-29,31-32,34-35,37-38,51,54,80-82,86-87H,4-6,9,12-15,18,21-24,27,30,33,36,39-50,52-53,55-79H2,1-3H3,(H,91,92)(H,93,94)/b10-7-,11-8-,19-16-,20-17-,28-25-,29-26-,32-31-,35-34-,38-37-,54-51-. The molecule has 4 N–H and O–H groups in total. The van der Waals surface area contributed by atoms with Crippen molar-refractivity contribution in [2.45, 2.75) is 360 Å². The maximum absolute atomic E-state index is 13.0. The highest BCUT2D eigenvalue weighted by molar-refractivity contribution is 7.47. The second-order valence-electron chi connectivity index (χ2n) is 27.2. The quantitative estimate of drug-likeness (QED) is 0.0146. The second-order valence-corrected chi connectivity index (χ2v) is 30.1. The lowest BCUT2D eigenvalue weighted by atomic mass is 10.0. The summed E-state index contributed by atoms with van der Waals surface area (Å²) in [7, 11) is -9.79. The number of allylic oxidation sites excluding steroid dienone is 20. The Morgan fingerprint density at radius 3 is 0.816 bits per heavy atom. The van der Waals surface area contributed by atoms with Crippen LogP contribution in [0, 0.1) is 0 Å². The zero-order valence-corrected chi connectivity index (χ0v) is 66.7. The number of rotatable bonds is 77. The fourth-order valence-corrected chi connectivity index (χ4v) is 12.6. The van der Waals surface area contributed by atoms with E-state index in [1.165, 1.54) is 148 Å². The molecule has 0 amide bonds. The predicted octanol–water partition coefficient (Wildman–Crippen LogP) is 24.1. The van der Waals surface area contributed by atoms with Crippen LogP contribution in [0.3, 0.4) is 0 Å². The van der Waals surface area contributed by atoms with Gasteiger partial charge in [0.05, 0.1) is 26.4 Å². The summed E-state index contributed by atoms with van der Waals surface area (Å²) in [5, 5.41) is 20.6. The third kappa shape index (κ3) is 78.8. The van der Waals surface area contributed by atoms with Crippen molar-refractivity contribution in [2.75, 3.05) is 39.6 Å². The van der Waals surface area contributed by atoms with Crippen LogP contribution >= 0.6 is 15.6 Å². The Labute approximate surface area is 627 Å². The molecule has 0 aromatic heterocycles. The first-order valence-electron chi connectivity index (χ1n) is 40.8. The first kappa shape index (κ1) is 98.9. The van der Waals surface area contributed by atoms with Gasteiger partial charge in [-0.05, 0) is 109 Å². The Morgan fingerprint density at radius 2 is 0.515 bits per heavy atom. The number of hydrogen-bond donors (Lipinski definition) is 4. The molecule has 0 aliphatic rings. The topological polar surface area (TPSA) is 231 Å². The van der Waals surface area contributed by atoms with E-state index in [2.05, 4.69) is 142 Å². The lowest BCUT2D eigenvalue weighted by Crippen LogP contribution is -2.30. The summed E-state index contributed by atoms with van der Waals surface area (Å²) in [5.74, 6) is -1.59. The van der Waals surface area contributed by atoms with Gasteiger partial charge in [-0.3, -0.25) is 32.5 Å². The number of carbonyl (C=O) groups is 3. The van der Waals surface area contributed by atoms with Gasteiger partial charge in [-0.15, -0.1) is 0 Å². The van der Waals surface area contributed by atoms with Crippen molar-refractivity contribution in [1.82, 2.24) is 0 Å². The summed E-state index contributed by atoms with van der Waals surface area (Å²) >= 11 is 0. The highest BCUT2D eigenvalue weighted by Gasteiger charge is 2.29. The minimum Gasteiger partial charge on any atom is -0.463 e. The number of hydrogen-bond acceptors (Lipinski definition) is 14. The van der Waals surface area contributed by atoms with E-state index in [4.69, 9.17) is 32.3 Å². The summed E-state index contributed by atoms with van der Waals surface area (Å²) in [4.78, 5) is 58.6. The molecule has 0 bridgehead atoms. The SMILES string of the molecule is CC/C=C\C/C=C\C/C=C\C/C=C\C/C=C\C/C=C\CCCCCCCCCCCCCCCCCCC(=O)OCC(O)COP(=O)(O)OCC(O)COP(=O)(O)OCC(COC(=O)CCCCCC/C=C\C/C=C\C/C=C\C/C=C\CC)OC(=O)CCCCCCCCCCCCCCCCC. The summed E-state index contributed by atoms with van der Waals surface area (Å²) in [6.07, 6.45) is 92.6. The molecule has 5 unspecified atom stereocenters. The van der Waals surface area contributed by atoms with Crippen LogP contribution in [0.4, 0.5) is 0 Å². The van der Waals surface area contributed by atoms with Crippen LogP contribution < -0.4 is 0 Å². The Kier molecular flexibility index (Phi) is 74.5. The smallest absolute Gasteiger partial charge is 0.463 e. The minimum absolute atomic E-state index is 0.102. The zero-order chi connectivity index (χ0) is 75.2. The Morgan fingerprint density at radius 1 is 0.282 bits per heavy atom. The van der Waals surface area contributed by atoms with Crippen LogP contribution in [0.2, 0.25) is 0 Å². The number of unbranched alkanes of at least 4 members (excludes halogenated alkanes) is 34. The zero-order valence-electron chi connectivity index (χ0n) is 65.0. The maximum Gasteiger partial charge on any atom is 0.472 e. The van der Waals surface area contributed by atoms with Gasteiger partial charge in [0.1, 0.15) is 25.4 Å². The van der Waals surface area contributed by atoms with E-state index < -0.39 is 91.5 Å². The van der Waals surface area contributed by atoms with Crippen molar-refractivity contribution in [3.8, 4) is 0 Å². The van der Waals surface area contributed by atoms with Gasteiger partial charge in [0.15, 0.2) is 6.10 Å². The van der Waals surface area contributed by atoms with Crippen LogP contribution in [-0.4, -0.2) is 95.9 Å². The number of ether oxygens (including phenoxy) is 3. The Bertz CT molecular complexity index is 2360. The van der Waals surface area contributed by atoms with Crippen LogP contribution in [0.5, 0.6) is 0 Å². The second kappa shape index (κ2) is 77.6. The first-order chi connectivity index (χ1) is 50.2. The number of carbonyl (C=O) groups excluding carboxylic acids is 3. The molecule has 0 spiro atoms. The number of aliphatic hydroxyl groups excluding tert-OH is 2. The molecule has 0 heterocycles. The molecule has 5 atom stereocenters. The Balaban J connectivity index is 4.39. The van der Waals surface area contributed by atoms with Gasteiger partial charge in [0.25, 0.3) is 0 Å². The largest absolute Gasteiger partial charge is 0.472 e. The highest BCUT2D eigenvalue weighted by atomic mass is 31.2. The normalized spacial score (nSPS) is 14.6. The summed E-state index contributed by atoms with van der Waals surface area (Å²) in [5.41, 5.74) is 0. The monoisotopic (exact) mass is 1490 g/mol. The lowest BCUT2D eigenvalue weighted by molar-refractivity contribution is -0.161. The van der Waals surface area contributed by atoms with Gasteiger partial charge in [-0.2, -0.15) is 0 Å². The van der Waals surface area contributed by atoms with Gasteiger partial charge >= 0.3 is 33.6 Å². The molecular weight excluding hydrogens is 1340 g/mol. The van der Waals surface area contributed by atoms with Crippen LogP contribution in [0.25, 0.3) is 0 Å². The molecule has 594 valence electrons. The van der Waals surface area contributed by atoms with Crippen molar-refractivity contribution in [3.63, 3.8) is 0 Å². The van der Waals surface area contributed by atoms with Gasteiger partial charge in [-0.1, -0.05) is 335 Å². The number of phosphoric ester groups is 2. The first-order valence-corrected chi connectivity index (χ1v) is 43.8. The van der Waals surface area contributed by atoms with Crippen LogP contribution in [-0.2, 0) is 55.8 Å². The van der Waals surface area contributed by atoms with Gasteiger partial charge in [0, 0.05) is 19.3 Å². The maximum atomic E-state index is 13.0. The average Bonchev–Trinajstić information content (AvgIpc) is 0.915. The molecule has 0 rings (SSSR count). The van der Waals surface area contributed by atoms with Crippen molar-refractivity contribution >= 4 is 33.6 Å². The van der Waals surface area contributed by atoms with Gasteiger partial charge in [0.2, 0.25) is 0 Å². The van der Waals surface area contributed by atoms with Crippen LogP contribution in [0.1, 0.15) is 342 Å². The van der Waals surface area contributed by atoms with Crippen molar-refractivity contribution in [2.24, 2.45) is 0 Å². The molecule has 16 nitrogen and oxygen atoms in total. The van der Waals surface area contributed by atoms with E-state index in [0.29, 0.717) is 19.3 Å². The molecule has 0 aliphatic carbocycles. The lowest BCUT2D eigenvalue weighted by Gasteiger charge is -2.21. The molecule has 0 saturated heterocycles. The average molecular weight is 1490 g/mol. The van der Waals surface area contributed by atoms with Crippen molar-refractivity contribution in [1.29, 1.82) is 0 Å². The molecule has 0 aromatic carbocycles. The van der Waals surface area contributed by atoms with Crippen molar-refractivity contribution in [3.05, 3.63) is 122 Å². The van der Waals surface area contributed by atoms with Crippen molar-refractivity contribution < 1.29 is 75.8 Å². The molecule has 103 heavy (non-hydrogen) atoms. The third-order valence-corrected chi connectivity index (χ3v) is 19.1. The number of aliphatic hydroxyl groups is 2. The molecule has 0 aliphatic heterocycles. The summed E-state index contributed by atoms with van der Waals surface area (Å²) in [6.45, 7) is 2.46. The van der Waals surface area contributed by atoms with E-state index in [0.717, 1.165) is 135 Å². The highest BCUT2D eigenvalue weighted by Crippen LogP contribution is 2.45. The minimum atomic E-state index is -4.93. The molecule has 18 heteroatoms. The Hall–Kier alpha value is -4.05. The van der Waals surface area contributed by atoms with E-state index in [1.54, 1.807) is 0 Å². The summed E-state index contributed by atoms with van der Waals surface area (Å²) < 4.78 is 61.1. The summed E-state index contributed by atoms with van der Waals surface area (Å²) in [6, 6.07) is 0. The molecular formula is C85H148O16P2. The van der Waals surface area contributed by atoms with E-state index in [1.807, 2.05) is 0 Å². The van der Waals surface area contributed by atoms with Gasteiger partial charge < -0.3 is 34.2 Å². The number of esters is 3. The molecule has 0 fully saturated rings. The van der Waals surface area contributed by atoms with Gasteiger partial charge in [-0.25, -0.2) is 9.13 Å². The fourth-order valence-electron chi connectivity index (χ4n) is 11.0. The van der Waals surface area contributed by atoms with E-state index in [9.17, 15) is 43.5 Å². The molecule has 0 radical (unpaired) electrons. The molecule has 0 aromatic rings. The van der Waals surface area contributed by atoms with Crippen LogP contribution in [0.15, 0.2) is 122 Å². The molecule has 0 saturated carbocycles. The fraction of sp³-hybridized carbons (Fsp3) is 0.729. The third-order valence-electron chi connectivity index (χ3n) is 17.2. The van der Waals surface area contributed by atoms with E-state index >= 15 is 0 Å². The van der Waals surface area contributed by atoms with E-state index in [-0.39, 0.29) is 19.3 Å². The predicted molar refractivity (Wildman–Crippen MR) is 427 cm³/mol.